The number of carbonyl (C=O) groups is 2. The average Bonchev–Trinajstić information content (AvgIpc) is 3.15. The number of amides is 1. The molecule has 2 atom stereocenters. The SMILES string of the molecule is Cc1c(C(=O)OC(C)C(=O)NC(C)c2ccccc2)cnn1-c1ccc(C(F)(F)F)cn1. The number of halogens is 3. The third-order valence-corrected chi connectivity index (χ3v) is 4.83. The Hall–Kier alpha value is -3.69. The summed E-state index contributed by atoms with van der Waals surface area (Å²) in [5, 5.41) is 6.79. The molecule has 168 valence electrons. The number of hydrogen-bond acceptors (Lipinski definition) is 5. The maximum Gasteiger partial charge on any atom is 0.417 e. The zero-order chi connectivity index (χ0) is 23.5. The summed E-state index contributed by atoms with van der Waals surface area (Å²) in [6.45, 7) is 4.81. The van der Waals surface area contributed by atoms with Gasteiger partial charge in [-0.2, -0.15) is 18.3 Å². The Morgan fingerprint density at radius 2 is 1.75 bits per heavy atom. The number of benzene rings is 1. The van der Waals surface area contributed by atoms with Crippen molar-refractivity contribution in [3.63, 3.8) is 0 Å². The largest absolute Gasteiger partial charge is 0.449 e. The second-order valence-electron chi connectivity index (χ2n) is 7.15. The first-order chi connectivity index (χ1) is 15.1. The predicted molar refractivity (Wildman–Crippen MR) is 109 cm³/mol. The zero-order valence-electron chi connectivity index (χ0n) is 17.6. The molecule has 2 aromatic heterocycles. The molecule has 0 spiro atoms. The van der Waals surface area contributed by atoms with E-state index in [2.05, 4.69) is 15.4 Å². The van der Waals surface area contributed by atoms with Crippen LogP contribution in [0.15, 0.2) is 54.9 Å². The van der Waals surface area contributed by atoms with E-state index in [1.54, 1.807) is 6.92 Å². The molecule has 2 heterocycles. The van der Waals surface area contributed by atoms with Gasteiger partial charge in [0.2, 0.25) is 0 Å². The third kappa shape index (κ3) is 5.13. The molecule has 0 saturated heterocycles. The summed E-state index contributed by atoms with van der Waals surface area (Å²) >= 11 is 0. The van der Waals surface area contributed by atoms with Crippen molar-refractivity contribution in [1.82, 2.24) is 20.1 Å². The highest BCUT2D eigenvalue weighted by molar-refractivity contribution is 5.93. The molecule has 0 aliphatic heterocycles. The number of rotatable bonds is 6. The van der Waals surface area contributed by atoms with E-state index in [1.165, 1.54) is 17.8 Å². The molecule has 3 aromatic rings. The summed E-state index contributed by atoms with van der Waals surface area (Å²) in [5.74, 6) is -1.14. The van der Waals surface area contributed by atoms with E-state index in [1.807, 2.05) is 37.3 Å². The summed E-state index contributed by atoms with van der Waals surface area (Å²) in [6.07, 6.45) is -3.67. The minimum atomic E-state index is -4.51. The fourth-order valence-electron chi connectivity index (χ4n) is 2.95. The van der Waals surface area contributed by atoms with Crippen LogP contribution in [0.1, 0.15) is 47.1 Å². The fourth-order valence-corrected chi connectivity index (χ4v) is 2.95. The summed E-state index contributed by atoms with van der Waals surface area (Å²) in [4.78, 5) is 28.7. The van der Waals surface area contributed by atoms with Crippen LogP contribution in [0, 0.1) is 6.92 Å². The van der Waals surface area contributed by atoms with Crippen molar-refractivity contribution in [2.24, 2.45) is 0 Å². The molecular weight excluding hydrogens is 425 g/mol. The summed E-state index contributed by atoms with van der Waals surface area (Å²) in [6, 6.07) is 11.1. The van der Waals surface area contributed by atoms with Crippen molar-refractivity contribution in [2.75, 3.05) is 0 Å². The van der Waals surface area contributed by atoms with E-state index >= 15 is 0 Å². The van der Waals surface area contributed by atoms with Gasteiger partial charge in [0.05, 0.1) is 23.5 Å². The number of nitrogens with one attached hydrogen (secondary N) is 1. The Morgan fingerprint density at radius 1 is 1.06 bits per heavy atom. The first-order valence-corrected chi connectivity index (χ1v) is 9.72. The van der Waals surface area contributed by atoms with Crippen molar-refractivity contribution in [3.05, 3.63) is 77.2 Å². The number of carbonyl (C=O) groups excluding carboxylic acids is 2. The van der Waals surface area contributed by atoms with Gasteiger partial charge in [-0.3, -0.25) is 4.79 Å². The molecule has 32 heavy (non-hydrogen) atoms. The molecule has 1 N–H and O–H groups in total. The van der Waals surface area contributed by atoms with Gasteiger partial charge in [-0.1, -0.05) is 30.3 Å². The first-order valence-electron chi connectivity index (χ1n) is 9.72. The summed E-state index contributed by atoms with van der Waals surface area (Å²) in [5.41, 5.74) is 0.394. The Bertz CT molecular complexity index is 1100. The van der Waals surface area contributed by atoms with Crippen LogP contribution in [0.25, 0.3) is 5.82 Å². The Kier molecular flexibility index (Phi) is 6.61. The molecule has 1 aromatic carbocycles. The number of aromatic nitrogens is 3. The molecule has 0 aliphatic carbocycles. The highest BCUT2D eigenvalue weighted by Crippen LogP contribution is 2.29. The van der Waals surface area contributed by atoms with Gasteiger partial charge in [0.1, 0.15) is 5.56 Å². The third-order valence-electron chi connectivity index (χ3n) is 4.83. The van der Waals surface area contributed by atoms with E-state index in [9.17, 15) is 22.8 Å². The number of alkyl halides is 3. The van der Waals surface area contributed by atoms with Crippen molar-refractivity contribution in [1.29, 1.82) is 0 Å². The van der Waals surface area contributed by atoms with Crippen LogP contribution in [0.5, 0.6) is 0 Å². The van der Waals surface area contributed by atoms with Crippen LogP contribution in [-0.2, 0) is 15.7 Å². The normalized spacial score (nSPS) is 13.3. The molecule has 2 unspecified atom stereocenters. The molecule has 10 heteroatoms. The number of pyridine rings is 1. The van der Waals surface area contributed by atoms with Crippen molar-refractivity contribution in [3.8, 4) is 5.82 Å². The van der Waals surface area contributed by atoms with E-state index in [0.29, 0.717) is 11.9 Å². The Morgan fingerprint density at radius 3 is 2.34 bits per heavy atom. The standard InChI is InChI=1S/C22H21F3N4O3/c1-13(16-7-5-4-6-8-16)28-20(30)15(3)32-21(31)18-12-27-29(14(18)2)19-10-9-17(11-26-19)22(23,24)25/h4-13,15H,1-3H3,(H,28,30). The number of hydrogen-bond donors (Lipinski definition) is 1. The van der Waals surface area contributed by atoms with Crippen LogP contribution in [0.2, 0.25) is 0 Å². The topological polar surface area (TPSA) is 86.1 Å². The maximum atomic E-state index is 12.7. The molecule has 0 fully saturated rings. The van der Waals surface area contributed by atoms with Crippen molar-refractivity contribution in [2.45, 2.75) is 39.1 Å². The van der Waals surface area contributed by atoms with E-state index < -0.39 is 29.7 Å². The minimum absolute atomic E-state index is 0.0717. The molecular formula is C22H21F3N4O3. The van der Waals surface area contributed by atoms with Crippen molar-refractivity contribution < 1.29 is 27.5 Å². The first kappa shape index (κ1) is 23.0. The maximum absolute atomic E-state index is 12.7. The van der Waals surface area contributed by atoms with Crippen LogP contribution < -0.4 is 5.32 Å². The second kappa shape index (κ2) is 9.21. The van der Waals surface area contributed by atoms with E-state index in [-0.39, 0.29) is 17.4 Å². The lowest BCUT2D eigenvalue weighted by atomic mass is 10.1. The molecule has 3 rings (SSSR count). The highest BCUT2D eigenvalue weighted by atomic mass is 19.4. The lowest BCUT2D eigenvalue weighted by Crippen LogP contribution is -2.37. The average molecular weight is 446 g/mol. The van der Waals surface area contributed by atoms with Crippen LogP contribution >= 0.6 is 0 Å². The van der Waals surface area contributed by atoms with Gasteiger partial charge in [-0.15, -0.1) is 0 Å². The molecule has 0 saturated carbocycles. The van der Waals surface area contributed by atoms with Crippen LogP contribution in [0.3, 0.4) is 0 Å². The summed E-state index contributed by atoms with van der Waals surface area (Å²) in [7, 11) is 0. The molecule has 1 amide bonds. The number of esters is 1. The molecule has 0 aliphatic rings. The Labute approximate surface area is 182 Å². The van der Waals surface area contributed by atoms with Gasteiger partial charge in [-0.05, 0) is 38.5 Å². The van der Waals surface area contributed by atoms with Gasteiger partial charge in [-0.25, -0.2) is 14.5 Å². The smallest absolute Gasteiger partial charge is 0.417 e. The lowest BCUT2D eigenvalue weighted by Gasteiger charge is -2.18. The van der Waals surface area contributed by atoms with Crippen LogP contribution in [0.4, 0.5) is 13.2 Å². The van der Waals surface area contributed by atoms with Gasteiger partial charge < -0.3 is 10.1 Å². The van der Waals surface area contributed by atoms with E-state index in [4.69, 9.17) is 4.74 Å². The fraction of sp³-hybridized carbons (Fsp3) is 0.273. The minimum Gasteiger partial charge on any atom is -0.449 e. The van der Waals surface area contributed by atoms with Gasteiger partial charge in [0, 0.05) is 6.20 Å². The van der Waals surface area contributed by atoms with Crippen LogP contribution in [-0.4, -0.2) is 32.7 Å². The predicted octanol–water partition coefficient (Wildman–Crippen LogP) is 4.02. The second-order valence-corrected chi connectivity index (χ2v) is 7.15. The van der Waals surface area contributed by atoms with Gasteiger partial charge in [0.15, 0.2) is 11.9 Å². The molecule has 7 nitrogen and oxygen atoms in total. The molecule has 0 radical (unpaired) electrons. The lowest BCUT2D eigenvalue weighted by molar-refractivity contribution is -0.137. The monoisotopic (exact) mass is 446 g/mol. The van der Waals surface area contributed by atoms with Gasteiger partial charge >= 0.3 is 12.1 Å². The summed E-state index contributed by atoms with van der Waals surface area (Å²) < 4.78 is 44.6. The zero-order valence-corrected chi connectivity index (χ0v) is 17.6. The number of ether oxygens (including phenoxy) is 1. The van der Waals surface area contributed by atoms with Crippen molar-refractivity contribution >= 4 is 11.9 Å². The highest BCUT2D eigenvalue weighted by Gasteiger charge is 2.31. The van der Waals surface area contributed by atoms with Gasteiger partial charge in [0.25, 0.3) is 5.91 Å². The number of nitrogens with zero attached hydrogens (tertiary/aromatic N) is 3. The Balaban J connectivity index is 1.67. The molecule has 0 bridgehead atoms. The quantitative estimate of drug-likeness (QED) is 0.578. The van der Waals surface area contributed by atoms with E-state index in [0.717, 1.165) is 17.7 Å².